The number of carboxylic acid groups (broad SMARTS) is 1. The lowest BCUT2D eigenvalue weighted by Crippen LogP contribution is -2.32. The van der Waals surface area contributed by atoms with Crippen molar-refractivity contribution >= 4 is 45.0 Å². The molecule has 14 heavy (non-hydrogen) atoms. The molecule has 0 radical (unpaired) electrons. The molecule has 0 spiro atoms. The summed E-state index contributed by atoms with van der Waals surface area (Å²) < 4.78 is 1.09. The zero-order valence-corrected chi connectivity index (χ0v) is 10.5. The van der Waals surface area contributed by atoms with Gasteiger partial charge in [-0.05, 0) is 28.1 Å². The Hall–Kier alpha value is -0.0400. The van der Waals surface area contributed by atoms with Crippen molar-refractivity contribution in [1.82, 2.24) is 0 Å². The van der Waals surface area contributed by atoms with Gasteiger partial charge in [0.25, 0.3) is 0 Å². The maximum absolute atomic E-state index is 10.4. The normalized spacial score (nSPS) is 12.7. The van der Waals surface area contributed by atoms with Crippen LogP contribution in [0.4, 0.5) is 0 Å². The summed E-state index contributed by atoms with van der Waals surface area (Å²) in [6.45, 7) is 0. The first kappa shape index (κ1) is 12.0. The van der Waals surface area contributed by atoms with E-state index in [2.05, 4.69) is 15.9 Å². The molecule has 6 heteroatoms. The van der Waals surface area contributed by atoms with E-state index in [1.165, 1.54) is 16.6 Å². The van der Waals surface area contributed by atoms with Crippen LogP contribution in [0.2, 0.25) is 0 Å². The van der Waals surface area contributed by atoms with Crippen LogP contribution in [-0.4, -0.2) is 22.9 Å². The Balaban J connectivity index is 2.25. The lowest BCUT2D eigenvalue weighted by Gasteiger charge is -2.04. The van der Waals surface area contributed by atoms with E-state index < -0.39 is 12.0 Å². The van der Waals surface area contributed by atoms with E-state index >= 15 is 0 Å². The summed E-state index contributed by atoms with van der Waals surface area (Å²) in [5.74, 6) is 0.326. The van der Waals surface area contributed by atoms with Crippen molar-refractivity contribution < 1.29 is 9.90 Å². The fraction of sp³-hybridized carbons (Fsp3) is 0.375. The molecule has 1 aromatic rings. The number of carboxylic acids is 1. The van der Waals surface area contributed by atoms with Crippen molar-refractivity contribution in [2.24, 2.45) is 5.73 Å². The lowest BCUT2D eigenvalue weighted by atomic mass is 10.4. The van der Waals surface area contributed by atoms with Gasteiger partial charge in [0.1, 0.15) is 6.04 Å². The first-order chi connectivity index (χ1) is 6.59. The van der Waals surface area contributed by atoms with Gasteiger partial charge in [-0.1, -0.05) is 0 Å². The van der Waals surface area contributed by atoms with Gasteiger partial charge in [-0.2, -0.15) is 11.8 Å². The smallest absolute Gasteiger partial charge is 0.321 e. The predicted molar refractivity (Wildman–Crippen MR) is 63.8 cm³/mol. The standard InChI is InChI=1S/C8H10BrNO2S2/c9-7-2-1-5(14-7)3-13-4-6(10)8(11)12/h1-2,6H,3-4,10H2,(H,11,12). The Morgan fingerprint density at radius 1 is 1.71 bits per heavy atom. The molecule has 0 bridgehead atoms. The molecule has 78 valence electrons. The van der Waals surface area contributed by atoms with Crippen LogP contribution in [0.5, 0.6) is 0 Å². The fourth-order valence-corrected chi connectivity index (χ4v) is 3.36. The Labute approximate surface area is 98.8 Å². The molecule has 1 aromatic heterocycles. The van der Waals surface area contributed by atoms with Crippen molar-refractivity contribution in [3.8, 4) is 0 Å². The molecular weight excluding hydrogens is 286 g/mol. The number of carbonyl (C=O) groups is 1. The van der Waals surface area contributed by atoms with Crippen LogP contribution in [-0.2, 0) is 10.5 Å². The average molecular weight is 296 g/mol. The van der Waals surface area contributed by atoms with Gasteiger partial charge in [0, 0.05) is 16.4 Å². The minimum Gasteiger partial charge on any atom is -0.480 e. The highest BCUT2D eigenvalue weighted by Crippen LogP contribution is 2.25. The zero-order chi connectivity index (χ0) is 10.6. The van der Waals surface area contributed by atoms with Crippen molar-refractivity contribution in [2.75, 3.05) is 5.75 Å². The van der Waals surface area contributed by atoms with Gasteiger partial charge < -0.3 is 10.8 Å². The first-order valence-corrected chi connectivity index (χ1v) is 6.66. The summed E-state index contributed by atoms with van der Waals surface area (Å²) in [5.41, 5.74) is 5.36. The maximum atomic E-state index is 10.4. The van der Waals surface area contributed by atoms with Gasteiger partial charge in [-0.15, -0.1) is 11.3 Å². The Morgan fingerprint density at radius 2 is 2.43 bits per heavy atom. The van der Waals surface area contributed by atoms with Crippen molar-refractivity contribution in [3.05, 3.63) is 20.8 Å². The van der Waals surface area contributed by atoms with E-state index in [1.54, 1.807) is 11.3 Å². The molecule has 0 amide bonds. The minimum absolute atomic E-state index is 0.449. The summed E-state index contributed by atoms with van der Waals surface area (Å²) >= 11 is 6.56. The highest BCUT2D eigenvalue weighted by molar-refractivity contribution is 9.11. The van der Waals surface area contributed by atoms with E-state index in [9.17, 15) is 4.79 Å². The van der Waals surface area contributed by atoms with E-state index in [4.69, 9.17) is 10.8 Å². The SMILES string of the molecule is NC(CSCc1ccc(Br)s1)C(=O)O. The number of thioether (sulfide) groups is 1. The molecular formula is C8H10BrNO2S2. The van der Waals surface area contributed by atoms with Crippen LogP contribution in [0.1, 0.15) is 4.88 Å². The van der Waals surface area contributed by atoms with Gasteiger partial charge in [-0.25, -0.2) is 0 Å². The summed E-state index contributed by atoms with van der Waals surface area (Å²) in [6.07, 6.45) is 0. The summed E-state index contributed by atoms with van der Waals surface area (Å²) in [7, 11) is 0. The number of hydrogen-bond acceptors (Lipinski definition) is 4. The van der Waals surface area contributed by atoms with Crippen molar-refractivity contribution in [2.45, 2.75) is 11.8 Å². The van der Waals surface area contributed by atoms with Crippen LogP contribution < -0.4 is 5.73 Å². The molecule has 1 unspecified atom stereocenters. The number of hydrogen-bond donors (Lipinski definition) is 2. The van der Waals surface area contributed by atoms with Gasteiger partial charge >= 0.3 is 5.97 Å². The topological polar surface area (TPSA) is 63.3 Å². The second kappa shape index (κ2) is 5.75. The third-order valence-electron chi connectivity index (χ3n) is 1.49. The van der Waals surface area contributed by atoms with Crippen LogP contribution in [0.3, 0.4) is 0 Å². The van der Waals surface area contributed by atoms with Crippen molar-refractivity contribution in [1.29, 1.82) is 0 Å². The van der Waals surface area contributed by atoms with E-state index in [1.807, 2.05) is 12.1 Å². The molecule has 0 aliphatic rings. The van der Waals surface area contributed by atoms with Crippen molar-refractivity contribution in [3.63, 3.8) is 0 Å². The Morgan fingerprint density at radius 3 is 2.93 bits per heavy atom. The summed E-state index contributed by atoms with van der Waals surface area (Å²) in [5, 5.41) is 8.54. The molecule has 0 saturated carbocycles. The largest absolute Gasteiger partial charge is 0.480 e. The summed E-state index contributed by atoms with van der Waals surface area (Å²) in [6, 6.07) is 3.24. The predicted octanol–water partition coefficient (Wildman–Crippen LogP) is 2.16. The third-order valence-corrected chi connectivity index (χ3v) is 4.40. The van der Waals surface area contributed by atoms with Crippen LogP contribution in [0, 0.1) is 0 Å². The highest BCUT2D eigenvalue weighted by Gasteiger charge is 2.10. The molecule has 1 heterocycles. The molecule has 1 rings (SSSR count). The molecule has 0 aromatic carbocycles. The molecule has 0 aliphatic carbocycles. The van der Waals surface area contributed by atoms with Gasteiger partial charge in [0.05, 0.1) is 3.79 Å². The van der Waals surface area contributed by atoms with E-state index in [-0.39, 0.29) is 0 Å². The zero-order valence-electron chi connectivity index (χ0n) is 7.27. The second-order valence-corrected chi connectivity index (χ2v) is 6.24. The monoisotopic (exact) mass is 295 g/mol. The number of aliphatic carboxylic acids is 1. The molecule has 0 saturated heterocycles. The Bertz CT molecular complexity index is 316. The number of rotatable bonds is 5. The molecule has 0 aliphatic heterocycles. The average Bonchev–Trinajstić information content (AvgIpc) is 2.51. The minimum atomic E-state index is -0.940. The number of thiophene rings is 1. The maximum Gasteiger partial charge on any atom is 0.321 e. The molecule has 1 atom stereocenters. The molecule has 0 fully saturated rings. The van der Waals surface area contributed by atoms with E-state index in [0.717, 1.165) is 9.54 Å². The van der Waals surface area contributed by atoms with Gasteiger partial charge in [0.2, 0.25) is 0 Å². The van der Waals surface area contributed by atoms with Gasteiger partial charge in [0.15, 0.2) is 0 Å². The third kappa shape index (κ3) is 4.00. The highest BCUT2D eigenvalue weighted by atomic mass is 79.9. The summed E-state index contributed by atoms with van der Waals surface area (Å²) in [4.78, 5) is 11.6. The van der Waals surface area contributed by atoms with Crippen LogP contribution in [0.25, 0.3) is 0 Å². The van der Waals surface area contributed by atoms with Gasteiger partial charge in [-0.3, -0.25) is 4.79 Å². The quantitative estimate of drug-likeness (QED) is 0.874. The Kier molecular flexibility index (Phi) is 4.94. The van der Waals surface area contributed by atoms with Crippen LogP contribution in [0.15, 0.2) is 15.9 Å². The van der Waals surface area contributed by atoms with Crippen LogP contribution >= 0.6 is 39.0 Å². The lowest BCUT2D eigenvalue weighted by molar-refractivity contribution is -0.137. The first-order valence-electron chi connectivity index (χ1n) is 3.90. The number of halogens is 1. The van der Waals surface area contributed by atoms with E-state index in [0.29, 0.717) is 5.75 Å². The molecule has 3 nitrogen and oxygen atoms in total. The molecule has 3 N–H and O–H groups in total. The fourth-order valence-electron chi connectivity index (χ4n) is 0.787. The number of nitrogens with two attached hydrogens (primary N) is 1. The second-order valence-electron chi connectivity index (χ2n) is 2.67.